The first-order valence-corrected chi connectivity index (χ1v) is 6.17. The van der Waals surface area contributed by atoms with Crippen LogP contribution in [0.15, 0.2) is 11.1 Å². The van der Waals surface area contributed by atoms with Gasteiger partial charge in [-0.2, -0.15) is 0 Å². The maximum absolute atomic E-state index is 5.61. The van der Waals surface area contributed by atoms with Crippen molar-refractivity contribution in [2.24, 2.45) is 0 Å². The number of unbranched alkanes of at least 4 members (excludes halogenated alkanes) is 1. The lowest BCUT2D eigenvalue weighted by atomic mass is 10.1. The molecule has 0 saturated carbocycles. The van der Waals surface area contributed by atoms with E-state index in [1.165, 1.54) is 37.7 Å². The second-order valence-electron chi connectivity index (χ2n) is 3.96. The second kappa shape index (κ2) is 9.54. The van der Waals surface area contributed by atoms with E-state index in [1.807, 2.05) is 0 Å². The van der Waals surface area contributed by atoms with Crippen LogP contribution >= 0.6 is 11.6 Å². The van der Waals surface area contributed by atoms with E-state index >= 15 is 0 Å². The van der Waals surface area contributed by atoms with Crippen molar-refractivity contribution in [1.29, 1.82) is 0 Å². The fraction of sp³-hybridized carbons (Fsp3) is 0.833. The van der Waals surface area contributed by atoms with Gasteiger partial charge in [0, 0.05) is 18.1 Å². The van der Waals surface area contributed by atoms with E-state index in [4.69, 9.17) is 11.6 Å². The molecule has 0 bridgehead atoms. The summed E-state index contributed by atoms with van der Waals surface area (Å²) in [4.78, 5) is 0. The van der Waals surface area contributed by atoms with Crippen molar-refractivity contribution < 1.29 is 0 Å². The Morgan fingerprint density at radius 2 is 2.00 bits per heavy atom. The van der Waals surface area contributed by atoms with Gasteiger partial charge < -0.3 is 5.32 Å². The van der Waals surface area contributed by atoms with Gasteiger partial charge in [-0.25, -0.2) is 0 Å². The molecule has 0 fully saturated rings. The molecule has 2 heteroatoms. The first-order valence-electron chi connectivity index (χ1n) is 5.73. The lowest BCUT2D eigenvalue weighted by molar-refractivity contribution is 0.449. The van der Waals surface area contributed by atoms with Crippen LogP contribution in [0.25, 0.3) is 0 Å². The minimum atomic E-state index is 0.673. The van der Waals surface area contributed by atoms with Crippen molar-refractivity contribution in [3.8, 4) is 0 Å². The predicted octanol–water partition coefficient (Wildman–Crippen LogP) is 4.08. The maximum Gasteiger partial charge on any atom is 0.0176 e. The fourth-order valence-corrected chi connectivity index (χ4v) is 1.57. The number of halogens is 1. The van der Waals surface area contributed by atoms with Crippen LogP contribution in [0.4, 0.5) is 0 Å². The van der Waals surface area contributed by atoms with Crippen LogP contribution < -0.4 is 5.32 Å². The van der Waals surface area contributed by atoms with Gasteiger partial charge in [0.15, 0.2) is 0 Å². The monoisotopic (exact) mass is 217 g/mol. The molecular formula is C12H24ClN. The molecule has 1 N–H and O–H groups in total. The van der Waals surface area contributed by atoms with Crippen molar-refractivity contribution in [2.45, 2.75) is 58.9 Å². The Labute approximate surface area is 93.9 Å². The minimum Gasteiger partial charge on any atom is -0.310 e. The summed E-state index contributed by atoms with van der Waals surface area (Å²) in [6.45, 7) is 7.47. The van der Waals surface area contributed by atoms with Gasteiger partial charge in [0.1, 0.15) is 0 Å². The van der Waals surface area contributed by atoms with E-state index in [9.17, 15) is 0 Å². The van der Waals surface area contributed by atoms with Gasteiger partial charge in [-0.3, -0.25) is 0 Å². The third-order valence-electron chi connectivity index (χ3n) is 2.40. The normalized spacial score (nSPS) is 14.4. The lowest BCUT2D eigenvalue weighted by Gasteiger charge is -2.17. The van der Waals surface area contributed by atoms with Crippen LogP contribution in [0.5, 0.6) is 0 Å². The Bertz CT molecular complexity index is 154. The molecule has 0 amide bonds. The maximum atomic E-state index is 5.61. The summed E-state index contributed by atoms with van der Waals surface area (Å²) in [5, 5.41) is 3.55. The van der Waals surface area contributed by atoms with E-state index in [2.05, 4.69) is 26.1 Å². The zero-order chi connectivity index (χ0) is 10.8. The largest absolute Gasteiger partial charge is 0.310 e. The highest BCUT2D eigenvalue weighted by Crippen LogP contribution is 2.07. The Kier molecular flexibility index (Phi) is 9.53. The molecule has 0 aliphatic carbocycles. The average Bonchev–Trinajstić information content (AvgIpc) is 2.21. The lowest BCUT2D eigenvalue weighted by Crippen LogP contribution is -2.30. The third-order valence-corrected chi connectivity index (χ3v) is 2.77. The van der Waals surface area contributed by atoms with E-state index in [1.54, 1.807) is 5.54 Å². The van der Waals surface area contributed by atoms with Crippen molar-refractivity contribution in [2.75, 3.05) is 6.54 Å². The van der Waals surface area contributed by atoms with Crippen LogP contribution in [0.1, 0.15) is 52.9 Å². The number of rotatable bonds is 8. The highest BCUT2D eigenvalue weighted by molar-refractivity contribution is 6.25. The molecule has 0 aliphatic rings. The minimum absolute atomic E-state index is 0.673. The van der Waals surface area contributed by atoms with Gasteiger partial charge in [0.25, 0.3) is 0 Å². The Morgan fingerprint density at radius 3 is 2.50 bits per heavy atom. The Hall–Kier alpha value is -0.0100. The van der Waals surface area contributed by atoms with Crippen molar-refractivity contribution >= 4 is 11.6 Å². The molecule has 14 heavy (non-hydrogen) atoms. The smallest absolute Gasteiger partial charge is 0.0176 e. The van der Waals surface area contributed by atoms with E-state index in [-0.39, 0.29) is 0 Å². The molecule has 0 aliphatic heterocycles. The quantitative estimate of drug-likeness (QED) is 0.646. The summed E-state index contributed by atoms with van der Waals surface area (Å²) in [5.74, 6) is 0. The summed E-state index contributed by atoms with van der Waals surface area (Å²) in [6.07, 6.45) is 6.42. The molecule has 0 spiro atoms. The predicted molar refractivity (Wildman–Crippen MR) is 65.8 cm³/mol. The van der Waals surface area contributed by atoms with Crippen molar-refractivity contribution in [3.05, 3.63) is 11.1 Å². The number of nitrogens with one attached hydrogen (secondary N) is 1. The van der Waals surface area contributed by atoms with Gasteiger partial charge in [-0.05, 0) is 25.3 Å². The first kappa shape index (κ1) is 14.0. The molecule has 0 radical (unpaired) electrons. The molecule has 0 rings (SSSR count). The number of hydrogen-bond acceptors (Lipinski definition) is 1. The van der Waals surface area contributed by atoms with Crippen LogP contribution in [0.2, 0.25) is 0 Å². The average molecular weight is 218 g/mol. The molecule has 84 valence electrons. The van der Waals surface area contributed by atoms with Crippen LogP contribution in [-0.4, -0.2) is 12.6 Å². The van der Waals surface area contributed by atoms with E-state index in [0.29, 0.717) is 6.04 Å². The van der Waals surface area contributed by atoms with Gasteiger partial charge in [-0.1, -0.05) is 44.7 Å². The van der Waals surface area contributed by atoms with Crippen LogP contribution in [0.3, 0.4) is 0 Å². The standard InChI is InChI=1S/C12H24ClN/c1-4-6-8-12(7-5-2)14-10-11(3)9-13/h9,12,14H,4-8,10H2,1-3H3. The van der Waals surface area contributed by atoms with E-state index < -0.39 is 0 Å². The number of hydrogen-bond donors (Lipinski definition) is 1. The SMILES string of the molecule is CCCCC(CCC)NCC(C)=CCl. The topological polar surface area (TPSA) is 12.0 Å². The first-order chi connectivity index (χ1) is 6.74. The van der Waals surface area contributed by atoms with E-state index in [0.717, 1.165) is 6.54 Å². The molecule has 0 heterocycles. The van der Waals surface area contributed by atoms with Gasteiger partial charge in [0.2, 0.25) is 0 Å². The molecular weight excluding hydrogens is 194 g/mol. The second-order valence-corrected chi connectivity index (χ2v) is 4.18. The van der Waals surface area contributed by atoms with Gasteiger partial charge in [0.05, 0.1) is 0 Å². The van der Waals surface area contributed by atoms with Crippen LogP contribution in [-0.2, 0) is 0 Å². The van der Waals surface area contributed by atoms with Crippen LogP contribution in [0, 0.1) is 0 Å². The zero-order valence-corrected chi connectivity index (χ0v) is 10.5. The third kappa shape index (κ3) is 7.40. The molecule has 0 aromatic heterocycles. The highest BCUT2D eigenvalue weighted by atomic mass is 35.5. The Balaban J connectivity index is 3.71. The fourth-order valence-electron chi connectivity index (χ4n) is 1.49. The molecule has 0 saturated heterocycles. The molecule has 1 atom stereocenters. The molecule has 1 nitrogen and oxygen atoms in total. The van der Waals surface area contributed by atoms with Gasteiger partial charge >= 0.3 is 0 Å². The van der Waals surface area contributed by atoms with Crippen molar-refractivity contribution in [3.63, 3.8) is 0 Å². The zero-order valence-electron chi connectivity index (χ0n) is 9.78. The molecule has 0 aromatic rings. The summed E-state index contributed by atoms with van der Waals surface area (Å²) in [7, 11) is 0. The Morgan fingerprint density at radius 1 is 1.29 bits per heavy atom. The summed E-state index contributed by atoms with van der Waals surface area (Å²) in [6, 6.07) is 0.673. The van der Waals surface area contributed by atoms with Crippen molar-refractivity contribution in [1.82, 2.24) is 5.32 Å². The van der Waals surface area contributed by atoms with Gasteiger partial charge in [-0.15, -0.1) is 0 Å². The summed E-state index contributed by atoms with van der Waals surface area (Å²) in [5.41, 5.74) is 2.87. The highest BCUT2D eigenvalue weighted by Gasteiger charge is 2.05. The molecule has 1 unspecified atom stereocenters. The summed E-state index contributed by atoms with van der Waals surface area (Å²) >= 11 is 5.61. The molecule has 0 aromatic carbocycles. The summed E-state index contributed by atoms with van der Waals surface area (Å²) < 4.78 is 0.